The summed E-state index contributed by atoms with van der Waals surface area (Å²) in [6, 6.07) is 22.1. The molecule has 0 heterocycles. The minimum absolute atomic E-state index is 0.0768. The van der Waals surface area contributed by atoms with Gasteiger partial charge in [0.25, 0.3) is 5.91 Å². The van der Waals surface area contributed by atoms with Gasteiger partial charge in [-0.1, -0.05) is 58.4 Å². The van der Waals surface area contributed by atoms with E-state index in [2.05, 4.69) is 26.5 Å². The summed E-state index contributed by atoms with van der Waals surface area (Å²) in [5.74, 6) is -0.497. The van der Waals surface area contributed by atoms with Crippen LogP contribution in [0.2, 0.25) is 0 Å². The average molecular weight is 516 g/mol. The van der Waals surface area contributed by atoms with E-state index in [-0.39, 0.29) is 23.7 Å². The molecule has 0 spiro atoms. The fraction of sp³-hybridized carbons (Fsp3) is 0.130. The molecule has 0 fully saturated rings. The Balaban J connectivity index is 1.73. The monoisotopic (exact) mass is 515 g/mol. The second-order valence-corrected chi connectivity index (χ2v) is 9.77. The molecule has 0 unspecified atom stereocenters. The third kappa shape index (κ3) is 6.74. The number of sulfonamides is 1. The van der Waals surface area contributed by atoms with Crippen molar-refractivity contribution < 1.29 is 18.3 Å². The quantitative estimate of drug-likeness (QED) is 0.336. The molecule has 0 aliphatic heterocycles. The van der Waals surface area contributed by atoms with Crippen molar-refractivity contribution >= 4 is 38.1 Å². The summed E-state index contributed by atoms with van der Waals surface area (Å²) in [5.41, 5.74) is 3.90. The van der Waals surface area contributed by atoms with Gasteiger partial charge in [-0.05, 0) is 53.9 Å². The average Bonchev–Trinajstić information content (AvgIpc) is 2.77. The van der Waals surface area contributed by atoms with Gasteiger partial charge in [0.05, 0.1) is 17.7 Å². The second kappa shape index (κ2) is 11.0. The number of phenolic OH excluding ortho intramolecular Hbond substituents is 1. The lowest BCUT2D eigenvalue weighted by Crippen LogP contribution is -2.40. The summed E-state index contributed by atoms with van der Waals surface area (Å²) in [6.07, 6.45) is 1.82. The Morgan fingerprint density at radius 2 is 1.75 bits per heavy atom. The molecule has 1 amide bonds. The van der Waals surface area contributed by atoms with Crippen LogP contribution in [0.3, 0.4) is 0 Å². The predicted molar refractivity (Wildman–Crippen MR) is 127 cm³/mol. The van der Waals surface area contributed by atoms with E-state index in [9.17, 15) is 18.3 Å². The normalized spacial score (nSPS) is 11.7. The van der Waals surface area contributed by atoms with E-state index in [0.29, 0.717) is 12.0 Å². The molecule has 3 aromatic rings. The van der Waals surface area contributed by atoms with Crippen molar-refractivity contribution in [3.8, 4) is 5.75 Å². The molecule has 0 saturated carbocycles. The first-order valence-corrected chi connectivity index (χ1v) is 12.0. The summed E-state index contributed by atoms with van der Waals surface area (Å²) in [4.78, 5) is 12.6. The number of nitrogens with one attached hydrogen (secondary N) is 1. The summed E-state index contributed by atoms with van der Waals surface area (Å²) < 4.78 is 28.3. The fourth-order valence-electron chi connectivity index (χ4n) is 2.92. The lowest BCUT2D eigenvalue weighted by atomic mass is 10.1. The largest absolute Gasteiger partial charge is 0.508 e. The Morgan fingerprint density at radius 1 is 1.03 bits per heavy atom. The van der Waals surface area contributed by atoms with E-state index >= 15 is 0 Å². The Labute approximate surface area is 195 Å². The minimum atomic E-state index is -3.90. The molecule has 0 atom stereocenters. The van der Waals surface area contributed by atoms with E-state index in [1.807, 2.05) is 30.3 Å². The first-order valence-electron chi connectivity index (χ1n) is 9.75. The van der Waals surface area contributed by atoms with Crippen LogP contribution in [0.15, 0.2) is 93.3 Å². The summed E-state index contributed by atoms with van der Waals surface area (Å²) in [5, 5.41) is 13.3. The molecule has 3 aromatic carbocycles. The first-order chi connectivity index (χ1) is 15.3. The van der Waals surface area contributed by atoms with Gasteiger partial charge in [-0.15, -0.1) is 0 Å². The number of rotatable bonds is 9. The molecule has 32 heavy (non-hydrogen) atoms. The zero-order chi connectivity index (χ0) is 23.0. The molecule has 0 aliphatic carbocycles. The third-order valence-electron chi connectivity index (χ3n) is 4.54. The van der Waals surface area contributed by atoms with E-state index in [0.717, 1.165) is 14.3 Å². The first kappa shape index (κ1) is 23.6. The highest BCUT2D eigenvalue weighted by Crippen LogP contribution is 2.19. The van der Waals surface area contributed by atoms with Crippen LogP contribution in [0.25, 0.3) is 0 Å². The van der Waals surface area contributed by atoms with E-state index in [4.69, 9.17) is 0 Å². The number of phenols is 1. The van der Waals surface area contributed by atoms with Gasteiger partial charge in [-0.2, -0.15) is 9.41 Å². The minimum Gasteiger partial charge on any atom is -0.508 e. The van der Waals surface area contributed by atoms with E-state index in [1.165, 1.54) is 30.5 Å². The van der Waals surface area contributed by atoms with Gasteiger partial charge in [0.15, 0.2) is 0 Å². The number of halogens is 1. The van der Waals surface area contributed by atoms with Gasteiger partial charge in [-0.3, -0.25) is 4.79 Å². The Bertz CT molecular complexity index is 1180. The molecule has 0 aliphatic rings. The van der Waals surface area contributed by atoms with Crippen LogP contribution in [0.1, 0.15) is 11.1 Å². The number of hydrogen-bond donors (Lipinski definition) is 2. The number of amides is 1. The van der Waals surface area contributed by atoms with Crippen molar-refractivity contribution in [2.75, 3.05) is 13.1 Å². The number of carbonyl (C=O) groups excluding carboxylic acids is 1. The lowest BCUT2D eigenvalue weighted by Gasteiger charge is -2.21. The molecule has 2 N–H and O–H groups in total. The zero-order valence-electron chi connectivity index (χ0n) is 17.1. The summed E-state index contributed by atoms with van der Waals surface area (Å²) >= 11 is 3.30. The molecule has 0 saturated heterocycles. The molecule has 9 heteroatoms. The van der Waals surface area contributed by atoms with Crippen molar-refractivity contribution in [2.45, 2.75) is 11.3 Å². The van der Waals surface area contributed by atoms with Crippen molar-refractivity contribution in [1.29, 1.82) is 0 Å². The topological polar surface area (TPSA) is 99.1 Å². The number of carbonyl (C=O) groups is 1. The number of aromatic hydroxyl groups is 1. The standard InChI is InChI=1S/C23H22BrN3O4S/c24-20-9-11-22(12-10-20)32(30,31)27(14-13-18-5-2-1-3-6-18)17-23(29)26-25-16-19-7-4-8-21(28)15-19/h1-12,15-16,28H,13-14,17H2,(H,26,29). The molecule has 0 aromatic heterocycles. The van der Waals surface area contributed by atoms with Crippen LogP contribution < -0.4 is 5.43 Å². The van der Waals surface area contributed by atoms with Gasteiger partial charge in [0.2, 0.25) is 10.0 Å². The molecule has 0 radical (unpaired) electrons. The van der Waals surface area contributed by atoms with Gasteiger partial charge >= 0.3 is 0 Å². The smallest absolute Gasteiger partial charge is 0.255 e. The summed E-state index contributed by atoms with van der Waals surface area (Å²) in [6.45, 7) is -0.255. The molecular formula is C23H22BrN3O4S. The number of hydrogen-bond acceptors (Lipinski definition) is 5. The Morgan fingerprint density at radius 3 is 2.44 bits per heavy atom. The van der Waals surface area contributed by atoms with Crippen LogP contribution in [-0.4, -0.2) is 43.0 Å². The van der Waals surface area contributed by atoms with Gasteiger partial charge < -0.3 is 5.11 Å². The van der Waals surface area contributed by atoms with Gasteiger partial charge in [0, 0.05) is 11.0 Å². The fourth-order valence-corrected chi connectivity index (χ4v) is 4.58. The van der Waals surface area contributed by atoms with Gasteiger partial charge in [0.1, 0.15) is 5.75 Å². The maximum absolute atomic E-state index is 13.2. The Hall–Kier alpha value is -3.01. The highest BCUT2D eigenvalue weighted by Gasteiger charge is 2.26. The highest BCUT2D eigenvalue weighted by atomic mass is 79.9. The van der Waals surface area contributed by atoms with Crippen LogP contribution >= 0.6 is 15.9 Å². The third-order valence-corrected chi connectivity index (χ3v) is 6.93. The number of nitrogens with zero attached hydrogens (tertiary/aromatic N) is 2. The molecule has 3 rings (SSSR count). The molecule has 166 valence electrons. The summed E-state index contributed by atoms with van der Waals surface area (Å²) in [7, 11) is -3.90. The van der Waals surface area contributed by atoms with Crippen LogP contribution in [-0.2, 0) is 21.2 Å². The van der Waals surface area contributed by atoms with E-state index < -0.39 is 15.9 Å². The second-order valence-electron chi connectivity index (χ2n) is 6.92. The molecular weight excluding hydrogens is 494 g/mol. The van der Waals surface area contributed by atoms with Gasteiger partial charge in [-0.25, -0.2) is 13.8 Å². The number of benzene rings is 3. The van der Waals surface area contributed by atoms with Crippen molar-refractivity contribution in [1.82, 2.24) is 9.73 Å². The van der Waals surface area contributed by atoms with E-state index in [1.54, 1.807) is 24.3 Å². The van der Waals surface area contributed by atoms with Crippen molar-refractivity contribution in [3.63, 3.8) is 0 Å². The number of hydrazone groups is 1. The zero-order valence-corrected chi connectivity index (χ0v) is 19.5. The van der Waals surface area contributed by atoms with Crippen LogP contribution in [0, 0.1) is 0 Å². The van der Waals surface area contributed by atoms with Crippen LogP contribution in [0.4, 0.5) is 0 Å². The maximum atomic E-state index is 13.2. The van der Waals surface area contributed by atoms with Crippen molar-refractivity contribution in [3.05, 3.63) is 94.5 Å². The predicted octanol–water partition coefficient (Wildman–Crippen LogP) is 3.54. The van der Waals surface area contributed by atoms with Crippen molar-refractivity contribution in [2.24, 2.45) is 5.10 Å². The maximum Gasteiger partial charge on any atom is 0.255 e. The Kier molecular flexibility index (Phi) is 8.15. The molecule has 0 bridgehead atoms. The highest BCUT2D eigenvalue weighted by molar-refractivity contribution is 9.10. The van der Waals surface area contributed by atoms with Crippen LogP contribution in [0.5, 0.6) is 5.75 Å². The molecule has 7 nitrogen and oxygen atoms in total. The SMILES string of the molecule is O=C(CN(CCc1ccccc1)S(=O)(=O)c1ccc(Br)cc1)NN=Cc1cccc(O)c1. The lowest BCUT2D eigenvalue weighted by molar-refractivity contribution is -0.121.